The first kappa shape index (κ1) is 13.6. The molecule has 1 aromatic carbocycles. The van der Waals surface area contributed by atoms with Gasteiger partial charge in [0.2, 0.25) is 0 Å². The lowest BCUT2D eigenvalue weighted by molar-refractivity contribution is 0.413. The van der Waals surface area contributed by atoms with Crippen LogP contribution in [-0.4, -0.2) is 18.1 Å². The molecule has 19 heavy (non-hydrogen) atoms. The fourth-order valence-corrected chi connectivity index (χ4v) is 1.98. The Hall–Kier alpha value is -1.81. The summed E-state index contributed by atoms with van der Waals surface area (Å²) in [5.74, 6) is 1.84. The van der Waals surface area contributed by atoms with Crippen LogP contribution in [0.1, 0.15) is 13.8 Å². The summed E-state index contributed by atoms with van der Waals surface area (Å²) in [6.45, 7) is 5.98. The highest BCUT2D eigenvalue weighted by atomic mass is 16.3. The van der Waals surface area contributed by atoms with Crippen LogP contribution in [0.3, 0.4) is 0 Å². The summed E-state index contributed by atoms with van der Waals surface area (Å²) in [6, 6.07) is 8.13. The lowest BCUT2D eigenvalue weighted by Crippen LogP contribution is -2.27. The maximum Gasteiger partial charge on any atom is 0.181 e. The monoisotopic (exact) mass is 259 g/mol. The molecule has 1 unspecified atom stereocenters. The van der Waals surface area contributed by atoms with Crippen molar-refractivity contribution in [3.63, 3.8) is 0 Å². The van der Waals surface area contributed by atoms with Crippen LogP contribution in [0.2, 0.25) is 0 Å². The fraction of sp³-hybridized carbons (Fsp3) is 0.400. The molecule has 0 radical (unpaired) electrons. The van der Waals surface area contributed by atoms with E-state index in [-0.39, 0.29) is 0 Å². The van der Waals surface area contributed by atoms with Crippen LogP contribution in [0, 0.1) is 11.8 Å². The quantitative estimate of drug-likeness (QED) is 0.837. The second kappa shape index (κ2) is 6.38. The van der Waals surface area contributed by atoms with Crippen molar-refractivity contribution < 1.29 is 4.42 Å². The van der Waals surface area contributed by atoms with E-state index in [1.807, 2.05) is 18.2 Å². The van der Waals surface area contributed by atoms with E-state index < -0.39 is 0 Å². The van der Waals surface area contributed by atoms with Gasteiger partial charge in [0.1, 0.15) is 0 Å². The van der Waals surface area contributed by atoms with Gasteiger partial charge in [-0.15, -0.1) is 0 Å². The van der Waals surface area contributed by atoms with Crippen LogP contribution < -0.4 is 11.1 Å². The number of oxazole rings is 1. The van der Waals surface area contributed by atoms with Crippen LogP contribution in [0.4, 0.5) is 5.69 Å². The summed E-state index contributed by atoms with van der Waals surface area (Å²) in [5.41, 5.74) is 7.88. The molecule has 0 fully saturated rings. The van der Waals surface area contributed by atoms with Crippen molar-refractivity contribution in [2.75, 3.05) is 18.4 Å². The molecule has 4 nitrogen and oxygen atoms in total. The maximum atomic E-state index is 5.78. The number of benzene rings is 1. The molecular weight excluding hydrogens is 238 g/mol. The normalized spacial score (nSPS) is 12.6. The summed E-state index contributed by atoms with van der Waals surface area (Å²) in [5, 5.41) is 3.44. The molecule has 102 valence electrons. The minimum absolute atomic E-state index is 0.480. The summed E-state index contributed by atoms with van der Waals surface area (Å²) in [4.78, 5) is 3.94. The van der Waals surface area contributed by atoms with E-state index in [0.29, 0.717) is 18.4 Å². The first-order valence-electron chi connectivity index (χ1n) is 6.63. The van der Waals surface area contributed by atoms with Gasteiger partial charge in [-0.3, -0.25) is 0 Å². The average molecular weight is 259 g/mol. The van der Waals surface area contributed by atoms with Gasteiger partial charge in [-0.05, 0) is 30.5 Å². The Morgan fingerprint density at radius 1 is 1.37 bits per heavy atom. The molecule has 0 aliphatic carbocycles. The van der Waals surface area contributed by atoms with Crippen molar-refractivity contribution in [3.05, 3.63) is 36.9 Å². The van der Waals surface area contributed by atoms with Crippen LogP contribution in [-0.2, 0) is 0 Å². The molecule has 3 N–H and O–H groups in total. The topological polar surface area (TPSA) is 64.1 Å². The Labute approximate surface area is 114 Å². The summed E-state index contributed by atoms with van der Waals surface area (Å²) in [6.07, 6.45) is 3.16. The van der Waals surface area contributed by atoms with Gasteiger partial charge in [0.05, 0.1) is 6.20 Å². The Morgan fingerprint density at radius 3 is 2.84 bits per heavy atom. The highest BCUT2D eigenvalue weighted by Crippen LogP contribution is 2.22. The van der Waals surface area contributed by atoms with Crippen molar-refractivity contribution in [2.24, 2.45) is 17.6 Å². The van der Waals surface area contributed by atoms with E-state index in [0.717, 1.165) is 23.6 Å². The number of rotatable bonds is 6. The number of hydrogen-bond acceptors (Lipinski definition) is 4. The first-order valence-corrected chi connectivity index (χ1v) is 6.63. The van der Waals surface area contributed by atoms with Crippen LogP contribution >= 0.6 is 0 Å². The highest BCUT2D eigenvalue weighted by Gasteiger charge is 2.11. The molecule has 0 bridgehead atoms. The van der Waals surface area contributed by atoms with E-state index in [4.69, 9.17) is 10.2 Å². The first-order chi connectivity index (χ1) is 9.20. The molecule has 2 aromatic rings. The second-order valence-electron chi connectivity index (χ2n) is 5.07. The molecule has 0 saturated heterocycles. The Morgan fingerprint density at radius 2 is 2.21 bits per heavy atom. The molecule has 0 aliphatic rings. The van der Waals surface area contributed by atoms with Gasteiger partial charge in [0.15, 0.2) is 12.2 Å². The minimum atomic E-state index is 0.480. The fourth-order valence-electron chi connectivity index (χ4n) is 1.98. The average Bonchev–Trinajstić information content (AvgIpc) is 2.93. The largest absolute Gasteiger partial charge is 0.444 e. The Bertz CT molecular complexity index is 494. The third-order valence-corrected chi connectivity index (χ3v) is 3.39. The van der Waals surface area contributed by atoms with E-state index >= 15 is 0 Å². The number of nitrogens with zero attached hydrogens (tertiary/aromatic N) is 1. The molecule has 4 heteroatoms. The van der Waals surface area contributed by atoms with Crippen molar-refractivity contribution in [1.29, 1.82) is 0 Å². The van der Waals surface area contributed by atoms with E-state index in [2.05, 4.69) is 30.2 Å². The lowest BCUT2D eigenvalue weighted by Gasteiger charge is -2.20. The van der Waals surface area contributed by atoms with E-state index in [9.17, 15) is 0 Å². The molecule has 0 aliphatic heterocycles. The Balaban J connectivity index is 2.03. The van der Waals surface area contributed by atoms with Crippen molar-refractivity contribution >= 4 is 5.69 Å². The predicted molar refractivity (Wildman–Crippen MR) is 77.8 cm³/mol. The van der Waals surface area contributed by atoms with Gasteiger partial charge < -0.3 is 15.5 Å². The minimum Gasteiger partial charge on any atom is -0.444 e. The van der Waals surface area contributed by atoms with Crippen LogP contribution in [0.25, 0.3) is 11.3 Å². The molecular formula is C15H21N3O. The molecule has 1 heterocycles. The SMILES string of the molecule is CC(C)C(CN)CNc1cccc(-c2cnco2)c1. The number of nitrogens with two attached hydrogens (primary N) is 1. The standard InChI is InChI=1S/C15H21N3O/c1-11(2)13(7-16)8-18-14-5-3-4-12(6-14)15-9-17-10-19-15/h3-6,9-11,13,18H,7-8,16H2,1-2H3. The smallest absolute Gasteiger partial charge is 0.181 e. The molecule has 1 aromatic heterocycles. The van der Waals surface area contributed by atoms with Crippen molar-refractivity contribution in [3.8, 4) is 11.3 Å². The maximum absolute atomic E-state index is 5.78. The number of nitrogens with one attached hydrogen (secondary N) is 1. The highest BCUT2D eigenvalue weighted by molar-refractivity contribution is 5.63. The predicted octanol–water partition coefficient (Wildman–Crippen LogP) is 2.98. The summed E-state index contributed by atoms with van der Waals surface area (Å²) in [7, 11) is 0. The van der Waals surface area contributed by atoms with Gasteiger partial charge >= 0.3 is 0 Å². The third kappa shape index (κ3) is 3.58. The Kier molecular flexibility index (Phi) is 4.58. The van der Waals surface area contributed by atoms with Gasteiger partial charge in [-0.1, -0.05) is 26.0 Å². The molecule has 2 rings (SSSR count). The van der Waals surface area contributed by atoms with Crippen LogP contribution in [0.15, 0.2) is 41.3 Å². The number of hydrogen-bond donors (Lipinski definition) is 2. The second-order valence-corrected chi connectivity index (χ2v) is 5.07. The molecule has 1 atom stereocenters. The van der Waals surface area contributed by atoms with Gasteiger partial charge in [-0.25, -0.2) is 4.98 Å². The van der Waals surface area contributed by atoms with Crippen molar-refractivity contribution in [1.82, 2.24) is 4.98 Å². The lowest BCUT2D eigenvalue weighted by atomic mass is 9.96. The zero-order valence-corrected chi connectivity index (χ0v) is 11.5. The van der Waals surface area contributed by atoms with Gasteiger partial charge in [0, 0.05) is 17.8 Å². The zero-order valence-electron chi connectivity index (χ0n) is 11.5. The van der Waals surface area contributed by atoms with Crippen LogP contribution in [0.5, 0.6) is 0 Å². The van der Waals surface area contributed by atoms with Gasteiger partial charge in [0.25, 0.3) is 0 Å². The van der Waals surface area contributed by atoms with Gasteiger partial charge in [-0.2, -0.15) is 0 Å². The van der Waals surface area contributed by atoms with E-state index in [1.54, 1.807) is 6.20 Å². The van der Waals surface area contributed by atoms with Crippen molar-refractivity contribution in [2.45, 2.75) is 13.8 Å². The third-order valence-electron chi connectivity index (χ3n) is 3.39. The zero-order chi connectivity index (χ0) is 13.7. The molecule has 0 amide bonds. The van der Waals surface area contributed by atoms with E-state index in [1.165, 1.54) is 6.39 Å². The molecule has 0 spiro atoms. The number of aromatic nitrogens is 1. The molecule has 0 saturated carbocycles. The number of anilines is 1. The summed E-state index contributed by atoms with van der Waals surface area (Å²) >= 11 is 0. The summed E-state index contributed by atoms with van der Waals surface area (Å²) < 4.78 is 5.30.